The van der Waals surface area contributed by atoms with Gasteiger partial charge in [0, 0.05) is 11.3 Å². The van der Waals surface area contributed by atoms with Crippen LogP contribution >= 0.6 is 11.3 Å². The number of amides is 1. The van der Waals surface area contributed by atoms with Crippen LogP contribution < -0.4 is 10.6 Å². The number of hydrogen-bond donors (Lipinski definition) is 2. The second-order valence-corrected chi connectivity index (χ2v) is 8.22. The maximum Gasteiger partial charge on any atom is 0.279 e. The summed E-state index contributed by atoms with van der Waals surface area (Å²) in [6.45, 7) is 6.63. The van der Waals surface area contributed by atoms with E-state index in [1.807, 2.05) is 32.0 Å². The van der Waals surface area contributed by atoms with Gasteiger partial charge in [-0.25, -0.2) is 0 Å². The third-order valence-corrected chi connectivity index (χ3v) is 5.97. The highest BCUT2D eigenvalue weighted by Gasteiger charge is 2.20. The van der Waals surface area contributed by atoms with Gasteiger partial charge >= 0.3 is 0 Å². The van der Waals surface area contributed by atoms with Crippen LogP contribution in [-0.2, 0) is 11.2 Å². The molecule has 0 spiro atoms. The molecule has 4 heteroatoms. The fourth-order valence-corrected chi connectivity index (χ4v) is 4.34. The first-order valence-corrected chi connectivity index (χ1v) is 10.8. The largest absolute Gasteiger partial charge is 0.328 e. The average Bonchev–Trinajstić information content (AvgIpc) is 3.21. The number of hydrogen-bond acceptors (Lipinski definition) is 2. The lowest BCUT2D eigenvalue weighted by Gasteiger charge is -2.16. The van der Waals surface area contributed by atoms with E-state index in [1.165, 1.54) is 16.0 Å². The fourth-order valence-electron chi connectivity index (χ4n) is 3.49. The van der Waals surface area contributed by atoms with Crippen molar-refractivity contribution in [2.24, 2.45) is 0 Å². The summed E-state index contributed by atoms with van der Waals surface area (Å²) in [7, 11) is 0. The average molecular weight is 394 g/mol. The van der Waals surface area contributed by atoms with Crippen molar-refractivity contribution in [3.63, 3.8) is 0 Å². The molecule has 0 aliphatic rings. The predicted octanol–water partition coefficient (Wildman–Crippen LogP) is 4.61. The highest BCUT2D eigenvalue weighted by Crippen LogP contribution is 2.23. The molecule has 0 unspecified atom stereocenters. The number of anilines is 1. The molecule has 1 atom stereocenters. The minimum Gasteiger partial charge on any atom is -0.328 e. The lowest BCUT2D eigenvalue weighted by Crippen LogP contribution is -2.87. The van der Waals surface area contributed by atoms with Crippen molar-refractivity contribution in [1.29, 1.82) is 0 Å². The van der Waals surface area contributed by atoms with Crippen molar-refractivity contribution in [2.45, 2.75) is 39.7 Å². The number of quaternary nitrogens is 1. The lowest BCUT2D eigenvalue weighted by atomic mass is 10.0. The first-order valence-electron chi connectivity index (χ1n) is 9.90. The van der Waals surface area contributed by atoms with Gasteiger partial charge in [-0.15, -0.1) is 11.3 Å². The van der Waals surface area contributed by atoms with Crippen LogP contribution in [0.1, 0.15) is 46.5 Å². The summed E-state index contributed by atoms with van der Waals surface area (Å²) in [6, 6.07) is 19.3. The number of nitrogens with two attached hydrogens (primary N) is 1. The second kappa shape index (κ2) is 9.67. The van der Waals surface area contributed by atoms with E-state index in [9.17, 15) is 4.79 Å². The Bertz CT molecular complexity index is 881. The monoisotopic (exact) mass is 393 g/mol. The van der Waals surface area contributed by atoms with Crippen LogP contribution in [-0.4, -0.2) is 12.5 Å². The number of rotatable bonds is 8. The van der Waals surface area contributed by atoms with Crippen LogP contribution in [0.3, 0.4) is 0 Å². The number of benzene rings is 2. The first-order chi connectivity index (χ1) is 13.6. The summed E-state index contributed by atoms with van der Waals surface area (Å²) in [5.74, 6) is 0.0292. The number of nitrogens with one attached hydrogen (secondary N) is 1. The Labute approximate surface area is 171 Å². The Morgan fingerprint density at radius 3 is 2.36 bits per heavy atom. The Kier molecular flexibility index (Phi) is 7.01. The molecule has 3 rings (SSSR count). The molecule has 0 saturated heterocycles. The molecule has 1 amide bonds. The molecule has 3 nitrogen and oxygen atoms in total. The Balaban J connectivity index is 1.71. The number of thiophene rings is 1. The number of carbonyl (C=O) groups excluding carboxylic acids is 1. The summed E-state index contributed by atoms with van der Waals surface area (Å²) in [4.78, 5) is 13.9. The number of para-hydroxylation sites is 1. The normalized spacial score (nSPS) is 12.0. The molecule has 0 fully saturated rings. The van der Waals surface area contributed by atoms with E-state index in [-0.39, 0.29) is 11.9 Å². The van der Waals surface area contributed by atoms with Crippen molar-refractivity contribution < 1.29 is 10.1 Å². The van der Waals surface area contributed by atoms with Crippen LogP contribution in [0, 0.1) is 13.8 Å². The van der Waals surface area contributed by atoms with E-state index in [0.717, 1.165) is 29.7 Å². The second-order valence-electron chi connectivity index (χ2n) is 7.24. The topological polar surface area (TPSA) is 45.7 Å². The van der Waals surface area contributed by atoms with Crippen LogP contribution in [0.4, 0.5) is 5.69 Å². The zero-order chi connectivity index (χ0) is 19.9. The summed E-state index contributed by atoms with van der Waals surface area (Å²) in [6.07, 6.45) is 2.25. The van der Waals surface area contributed by atoms with Crippen molar-refractivity contribution >= 4 is 22.9 Å². The molecular weight excluding hydrogens is 364 g/mol. The molecule has 1 aromatic heterocycles. The van der Waals surface area contributed by atoms with E-state index in [4.69, 9.17) is 0 Å². The van der Waals surface area contributed by atoms with Gasteiger partial charge in [0.15, 0.2) is 6.54 Å². The van der Waals surface area contributed by atoms with E-state index in [1.54, 1.807) is 11.3 Å². The molecule has 0 bridgehead atoms. The van der Waals surface area contributed by atoms with Gasteiger partial charge in [0.05, 0.1) is 4.88 Å². The molecule has 146 valence electrons. The third kappa shape index (κ3) is 5.09. The van der Waals surface area contributed by atoms with E-state index >= 15 is 0 Å². The van der Waals surface area contributed by atoms with E-state index < -0.39 is 0 Å². The molecule has 3 aromatic rings. The van der Waals surface area contributed by atoms with Gasteiger partial charge < -0.3 is 10.6 Å². The molecule has 0 aliphatic carbocycles. The fraction of sp³-hybridized carbons (Fsp3) is 0.292. The first kappa shape index (κ1) is 20.3. The van der Waals surface area contributed by atoms with Gasteiger partial charge in [0.1, 0.15) is 6.04 Å². The zero-order valence-corrected chi connectivity index (χ0v) is 17.7. The smallest absolute Gasteiger partial charge is 0.279 e. The zero-order valence-electron chi connectivity index (χ0n) is 16.9. The Morgan fingerprint density at radius 2 is 1.75 bits per heavy atom. The molecule has 2 aromatic carbocycles. The SMILES string of the molecule is CCCc1ccc([C@H]([NH2+]CC(=O)Nc2c(C)cccc2C)c2cccs2)cc1. The summed E-state index contributed by atoms with van der Waals surface area (Å²) < 4.78 is 0. The highest BCUT2D eigenvalue weighted by atomic mass is 32.1. The van der Waals surface area contributed by atoms with Crippen molar-refractivity contribution in [3.8, 4) is 0 Å². The van der Waals surface area contributed by atoms with Crippen molar-refractivity contribution in [2.75, 3.05) is 11.9 Å². The predicted molar refractivity (Wildman–Crippen MR) is 118 cm³/mol. The standard InChI is InChI=1S/C24H28N2OS/c1-4-7-19-11-13-20(14-12-19)24(21-10-6-15-28-21)25-16-22(27)26-23-17(2)8-5-9-18(23)3/h5-6,8-15,24-25H,4,7,16H2,1-3H3,(H,26,27)/p+1/t24-/m0/s1. The summed E-state index contributed by atoms with van der Waals surface area (Å²) in [5.41, 5.74) is 5.72. The summed E-state index contributed by atoms with van der Waals surface area (Å²) in [5, 5.41) is 7.31. The van der Waals surface area contributed by atoms with Gasteiger partial charge in [-0.3, -0.25) is 4.79 Å². The molecule has 1 heterocycles. The maximum absolute atomic E-state index is 12.6. The van der Waals surface area contributed by atoms with Gasteiger partial charge in [-0.2, -0.15) is 0 Å². The van der Waals surface area contributed by atoms with Crippen molar-refractivity contribution in [3.05, 3.63) is 87.1 Å². The van der Waals surface area contributed by atoms with E-state index in [2.05, 4.69) is 59.3 Å². The van der Waals surface area contributed by atoms with Gasteiger partial charge in [-0.05, 0) is 48.4 Å². The highest BCUT2D eigenvalue weighted by molar-refractivity contribution is 7.10. The van der Waals surface area contributed by atoms with Gasteiger partial charge in [-0.1, -0.05) is 61.9 Å². The molecule has 0 saturated carbocycles. The van der Waals surface area contributed by atoms with Gasteiger partial charge in [0.2, 0.25) is 0 Å². The Hall–Kier alpha value is -2.43. The molecular formula is C24H29N2OS+. The van der Waals surface area contributed by atoms with Crippen LogP contribution in [0.15, 0.2) is 60.0 Å². The summed E-state index contributed by atoms with van der Waals surface area (Å²) >= 11 is 1.74. The quantitative estimate of drug-likeness (QED) is 0.577. The van der Waals surface area contributed by atoms with Crippen LogP contribution in [0.2, 0.25) is 0 Å². The lowest BCUT2D eigenvalue weighted by molar-refractivity contribution is -0.675. The molecule has 3 N–H and O–H groups in total. The third-order valence-electron chi connectivity index (χ3n) is 5.01. The Morgan fingerprint density at radius 1 is 1.04 bits per heavy atom. The molecule has 28 heavy (non-hydrogen) atoms. The van der Waals surface area contributed by atoms with Crippen LogP contribution in [0.25, 0.3) is 0 Å². The van der Waals surface area contributed by atoms with Crippen LogP contribution in [0.5, 0.6) is 0 Å². The molecule has 0 radical (unpaired) electrons. The van der Waals surface area contributed by atoms with Crippen molar-refractivity contribution in [1.82, 2.24) is 0 Å². The number of aryl methyl sites for hydroxylation is 3. The molecule has 0 aliphatic heterocycles. The maximum atomic E-state index is 12.6. The minimum atomic E-state index is 0.0292. The number of carbonyl (C=O) groups is 1. The van der Waals surface area contributed by atoms with Gasteiger partial charge in [0.25, 0.3) is 5.91 Å². The minimum absolute atomic E-state index is 0.0292. The van der Waals surface area contributed by atoms with E-state index in [0.29, 0.717) is 6.54 Å².